The molecule has 0 aliphatic carbocycles. The van der Waals surface area contributed by atoms with Crippen LogP contribution >= 0.6 is 0 Å². The highest BCUT2D eigenvalue weighted by Gasteiger charge is 2.28. The molecule has 1 aromatic carbocycles. The fourth-order valence-corrected chi connectivity index (χ4v) is 2.75. The molecule has 1 fully saturated rings. The van der Waals surface area contributed by atoms with Crippen molar-refractivity contribution < 1.29 is 13.6 Å². The number of hydrogen-bond donors (Lipinski definition) is 0. The molecule has 19 heavy (non-hydrogen) atoms. The van der Waals surface area contributed by atoms with E-state index >= 15 is 0 Å². The molecule has 2 rings (SSSR count). The zero-order chi connectivity index (χ0) is 14.0. The highest BCUT2D eigenvalue weighted by Crippen LogP contribution is 2.24. The van der Waals surface area contributed by atoms with Crippen molar-refractivity contribution in [1.82, 2.24) is 4.90 Å². The number of likely N-dealkylation sites (tertiary alicyclic amines) is 1. The van der Waals surface area contributed by atoms with Crippen molar-refractivity contribution in [1.29, 1.82) is 0 Å². The summed E-state index contributed by atoms with van der Waals surface area (Å²) >= 11 is 0. The first-order chi connectivity index (χ1) is 8.99. The van der Waals surface area contributed by atoms with Crippen LogP contribution in [-0.2, 0) is 0 Å². The topological polar surface area (TPSA) is 20.3 Å². The first-order valence-electron chi connectivity index (χ1n) is 6.71. The van der Waals surface area contributed by atoms with Crippen LogP contribution < -0.4 is 0 Å². The van der Waals surface area contributed by atoms with E-state index < -0.39 is 11.6 Å². The van der Waals surface area contributed by atoms with E-state index in [4.69, 9.17) is 0 Å². The Balaban J connectivity index is 2.06. The average molecular weight is 267 g/mol. The molecule has 0 amide bonds. The smallest absolute Gasteiger partial charge is 0.176 e. The molecule has 104 valence electrons. The first kappa shape index (κ1) is 14.1. The zero-order valence-electron chi connectivity index (χ0n) is 11.3. The molecule has 1 heterocycles. The second-order valence-electron chi connectivity index (χ2n) is 5.48. The number of rotatable bonds is 4. The maximum absolute atomic E-state index is 13.1. The van der Waals surface area contributed by atoms with Crippen molar-refractivity contribution in [3.8, 4) is 0 Å². The van der Waals surface area contributed by atoms with Gasteiger partial charge in [0.15, 0.2) is 17.4 Å². The number of nitrogens with zero attached hydrogens (tertiary/aromatic N) is 1. The lowest BCUT2D eigenvalue weighted by Crippen LogP contribution is -2.37. The Labute approximate surface area is 112 Å². The zero-order valence-corrected chi connectivity index (χ0v) is 11.3. The van der Waals surface area contributed by atoms with Gasteiger partial charge in [0, 0.05) is 11.6 Å². The van der Waals surface area contributed by atoms with Gasteiger partial charge in [-0.15, -0.1) is 0 Å². The van der Waals surface area contributed by atoms with Gasteiger partial charge >= 0.3 is 0 Å². The van der Waals surface area contributed by atoms with E-state index in [0.29, 0.717) is 12.0 Å². The van der Waals surface area contributed by atoms with E-state index in [-0.39, 0.29) is 17.9 Å². The van der Waals surface area contributed by atoms with E-state index in [2.05, 4.69) is 18.7 Å². The van der Waals surface area contributed by atoms with Crippen molar-refractivity contribution in [3.63, 3.8) is 0 Å². The van der Waals surface area contributed by atoms with Crippen LogP contribution in [0.5, 0.6) is 0 Å². The molecule has 1 aliphatic heterocycles. The van der Waals surface area contributed by atoms with Gasteiger partial charge in [-0.1, -0.05) is 13.8 Å². The minimum atomic E-state index is -0.965. The lowest BCUT2D eigenvalue weighted by molar-refractivity contribution is 0.0903. The van der Waals surface area contributed by atoms with Crippen LogP contribution in [0.4, 0.5) is 8.78 Å². The van der Waals surface area contributed by atoms with E-state index in [1.807, 2.05) is 0 Å². The highest BCUT2D eigenvalue weighted by molar-refractivity contribution is 5.97. The van der Waals surface area contributed by atoms with Crippen LogP contribution in [0.15, 0.2) is 18.2 Å². The Kier molecular flexibility index (Phi) is 4.30. The molecule has 1 saturated heterocycles. The molecule has 2 nitrogen and oxygen atoms in total. The van der Waals surface area contributed by atoms with Gasteiger partial charge in [-0.25, -0.2) is 8.78 Å². The minimum Gasteiger partial charge on any atom is -0.293 e. The second kappa shape index (κ2) is 5.78. The average Bonchev–Trinajstić information content (AvgIpc) is 2.80. The SMILES string of the molecule is CC(C)C1CCCN1CC(=O)c1ccc(F)c(F)c1. The van der Waals surface area contributed by atoms with Crippen LogP contribution in [0.3, 0.4) is 0 Å². The summed E-state index contributed by atoms with van der Waals surface area (Å²) < 4.78 is 26.0. The summed E-state index contributed by atoms with van der Waals surface area (Å²) in [5, 5.41) is 0. The first-order valence-corrected chi connectivity index (χ1v) is 6.71. The number of halogens is 2. The summed E-state index contributed by atoms with van der Waals surface area (Å²) in [6, 6.07) is 3.75. The summed E-state index contributed by atoms with van der Waals surface area (Å²) in [4.78, 5) is 14.2. The molecule has 0 radical (unpaired) electrons. The third kappa shape index (κ3) is 3.18. The summed E-state index contributed by atoms with van der Waals surface area (Å²) in [6.07, 6.45) is 2.19. The minimum absolute atomic E-state index is 0.147. The maximum atomic E-state index is 13.1. The fourth-order valence-electron chi connectivity index (χ4n) is 2.75. The highest BCUT2D eigenvalue weighted by atomic mass is 19.2. The number of Topliss-reactive ketones (excluding diaryl/α,β-unsaturated/α-hetero) is 1. The number of hydrogen-bond acceptors (Lipinski definition) is 2. The van der Waals surface area contributed by atoms with Crippen LogP contribution in [0.2, 0.25) is 0 Å². The molecular formula is C15H19F2NO. The van der Waals surface area contributed by atoms with Crippen LogP contribution in [-0.4, -0.2) is 29.8 Å². The van der Waals surface area contributed by atoms with Gasteiger partial charge in [-0.2, -0.15) is 0 Å². The third-order valence-corrected chi connectivity index (χ3v) is 3.77. The monoisotopic (exact) mass is 267 g/mol. The Morgan fingerprint density at radius 3 is 2.74 bits per heavy atom. The van der Waals surface area contributed by atoms with E-state index in [1.165, 1.54) is 6.07 Å². The maximum Gasteiger partial charge on any atom is 0.176 e. The Hall–Kier alpha value is -1.29. The fraction of sp³-hybridized carbons (Fsp3) is 0.533. The molecule has 1 aromatic rings. The molecule has 4 heteroatoms. The van der Waals surface area contributed by atoms with E-state index in [9.17, 15) is 13.6 Å². The van der Waals surface area contributed by atoms with Gasteiger partial charge in [0.1, 0.15) is 0 Å². The van der Waals surface area contributed by atoms with E-state index in [0.717, 1.165) is 31.5 Å². The predicted molar refractivity (Wildman–Crippen MR) is 70.1 cm³/mol. The van der Waals surface area contributed by atoms with Crippen LogP contribution in [0.1, 0.15) is 37.0 Å². The molecule has 0 saturated carbocycles. The van der Waals surface area contributed by atoms with Crippen molar-refractivity contribution in [2.45, 2.75) is 32.7 Å². The van der Waals surface area contributed by atoms with Gasteiger partial charge < -0.3 is 0 Å². The Morgan fingerprint density at radius 2 is 2.11 bits per heavy atom. The lowest BCUT2D eigenvalue weighted by atomic mass is 10.0. The van der Waals surface area contributed by atoms with Crippen molar-refractivity contribution >= 4 is 5.78 Å². The van der Waals surface area contributed by atoms with Gasteiger partial charge in [0.05, 0.1) is 6.54 Å². The molecular weight excluding hydrogens is 248 g/mol. The van der Waals surface area contributed by atoms with Crippen LogP contribution in [0.25, 0.3) is 0 Å². The number of benzene rings is 1. The van der Waals surface area contributed by atoms with E-state index in [1.54, 1.807) is 0 Å². The number of carbonyl (C=O) groups excluding carboxylic acids is 1. The van der Waals surface area contributed by atoms with Gasteiger partial charge in [-0.05, 0) is 43.5 Å². The van der Waals surface area contributed by atoms with Crippen molar-refractivity contribution in [2.24, 2.45) is 5.92 Å². The summed E-state index contributed by atoms with van der Waals surface area (Å²) in [5.41, 5.74) is 0.244. The van der Waals surface area contributed by atoms with Crippen molar-refractivity contribution in [2.75, 3.05) is 13.1 Å². The van der Waals surface area contributed by atoms with Gasteiger partial charge in [-0.3, -0.25) is 9.69 Å². The summed E-state index contributed by atoms with van der Waals surface area (Å²) in [6.45, 7) is 5.47. The normalized spacial score (nSPS) is 20.2. The lowest BCUT2D eigenvalue weighted by Gasteiger charge is -2.26. The standard InChI is InChI=1S/C15H19F2NO/c1-10(2)14-4-3-7-18(14)9-15(19)11-5-6-12(16)13(17)8-11/h5-6,8,10,14H,3-4,7,9H2,1-2H3. The second-order valence-corrected chi connectivity index (χ2v) is 5.48. The summed E-state index contributed by atoms with van der Waals surface area (Å²) in [5.74, 6) is -1.53. The molecule has 1 atom stereocenters. The molecule has 0 spiro atoms. The van der Waals surface area contributed by atoms with Gasteiger partial charge in [0.2, 0.25) is 0 Å². The largest absolute Gasteiger partial charge is 0.293 e. The number of ketones is 1. The third-order valence-electron chi connectivity index (χ3n) is 3.77. The molecule has 1 unspecified atom stereocenters. The molecule has 0 N–H and O–H groups in total. The molecule has 1 aliphatic rings. The predicted octanol–water partition coefficient (Wildman–Crippen LogP) is 3.27. The van der Waals surface area contributed by atoms with Crippen molar-refractivity contribution in [3.05, 3.63) is 35.4 Å². The molecule has 0 bridgehead atoms. The quantitative estimate of drug-likeness (QED) is 0.780. The molecule has 0 aromatic heterocycles. The van der Waals surface area contributed by atoms with Crippen LogP contribution in [0, 0.1) is 17.6 Å². The Morgan fingerprint density at radius 1 is 1.37 bits per heavy atom. The van der Waals surface area contributed by atoms with Gasteiger partial charge in [0.25, 0.3) is 0 Å². The number of carbonyl (C=O) groups is 1. The Bertz CT molecular complexity index is 473. The summed E-state index contributed by atoms with van der Waals surface area (Å²) in [7, 11) is 0.